The predicted molar refractivity (Wildman–Crippen MR) is 64.2 cm³/mol. The molecule has 1 nitrogen and oxygen atoms in total. The number of allylic oxidation sites excluding steroid dienone is 1. The van der Waals surface area contributed by atoms with Crippen molar-refractivity contribution in [3.63, 3.8) is 0 Å². The van der Waals surface area contributed by atoms with E-state index in [0.717, 1.165) is 12.8 Å². The lowest BCUT2D eigenvalue weighted by molar-refractivity contribution is -0.118. The van der Waals surface area contributed by atoms with Crippen molar-refractivity contribution < 1.29 is 9.18 Å². The largest absolute Gasteiger partial charge is 0.299 e. The van der Waals surface area contributed by atoms with Gasteiger partial charge in [0, 0.05) is 12.8 Å². The number of benzene rings is 1. The fourth-order valence-electron chi connectivity index (χ4n) is 1.43. The van der Waals surface area contributed by atoms with Crippen molar-refractivity contribution in [3.05, 3.63) is 47.3 Å². The van der Waals surface area contributed by atoms with Gasteiger partial charge in [-0.2, -0.15) is 0 Å². The van der Waals surface area contributed by atoms with Crippen LogP contribution in [0.1, 0.15) is 24.8 Å². The average Bonchev–Trinajstić information content (AvgIpc) is 2.25. The number of Topliss-reactive ketones (excluding diaryl/α,β-unsaturated/α-hetero) is 1. The van der Waals surface area contributed by atoms with Crippen molar-refractivity contribution in [2.45, 2.75) is 25.7 Å². The maximum absolute atomic E-state index is 13.5. The summed E-state index contributed by atoms with van der Waals surface area (Å²) in [6.07, 6.45) is 3.92. The summed E-state index contributed by atoms with van der Waals surface area (Å²) in [4.78, 5) is 11.5. The molecule has 0 aliphatic heterocycles. The lowest BCUT2D eigenvalue weighted by Crippen LogP contribution is -2.04. The van der Waals surface area contributed by atoms with Crippen LogP contribution in [0.25, 0.3) is 0 Å². The summed E-state index contributed by atoms with van der Waals surface area (Å²) < 4.78 is 13.5. The number of halogens is 2. The van der Waals surface area contributed by atoms with E-state index in [4.69, 9.17) is 11.6 Å². The van der Waals surface area contributed by atoms with Crippen molar-refractivity contribution in [1.29, 1.82) is 0 Å². The molecule has 1 aromatic rings. The summed E-state index contributed by atoms with van der Waals surface area (Å²) in [6, 6.07) is 4.72. The Morgan fingerprint density at radius 3 is 2.94 bits per heavy atom. The topological polar surface area (TPSA) is 17.1 Å². The van der Waals surface area contributed by atoms with Gasteiger partial charge in [0.15, 0.2) is 0 Å². The highest BCUT2D eigenvalue weighted by Gasteiger charge is 2.10. The number of ketones is 1. The average molecular weight is 241 g/mol. The van der Waals surface area contributed by atoms with Crippen LogP contribution in [0.15, 0.2) is 30.9 Å². The quantitative estimate of drug-likeness (QED) is 0.544. The molecule has 16 heavy (non-hydrogen) atoms. The Kier molecular flexibility index (Phi) is 5.20. The highest BCUT2D eigenvalue weighted by atomic mass is 35.5. The molecule has 0 atom stereocenters. The van der Waals surface area contributed by atoms with E-state index in [1.54, 1.807) is 18.2 Å². The number of carbonyl (C=O) groups excluding carboxylic acids is 1. The molecule has 0 fully saturated rings. The first-order chi connectivity index (χ1) is 7.65. The molecule has 0 saturated heterocycles. The maximum Gasteiger partial charge on any atom is 0.145 e. The summed E-state index contributed by atoms with van der Waals surface area (Å²) in [6.45, 7) is 3.58. The van der Waals surface area contributed by atoms with Crippen molar-refractivity contribution in [3.8, 4) is 0 Å². The number of hydrogen-bond acceptors (Lipinski definition) is 1. The fraction of sp³-hybridized carbons (Fsp3) is 0.308. The molecule has 0 spiro atoms. The molecule has 0 amide bonds. The molecule has 86 valence electrons. The smallest absolute Gasteiger partial charge is 0.145 e. The molecule has 1 aromatic carbocycles. The molecular formula is C13H14ClFO. The lowest BCUT2D eigenvalue weighted by Gasteiger charge is -2.03. The third-order valence-corrected chi connectivity index (χ3v) is 2.57. The van der Waals surface area contributed by atoms with Gasteiger partial charge in [0.2, 0.25) is 0 Å². The van der Waals surface area contributed by atoms with Gasteiger partial charge in [0.25, 0.3) is 0 Å². The van der Waals surface area contributed by atoms with E-state index < -0.39 is 5.82 Å². The van der Waals surface area contributed by atoms with Crippen LogP contribution in [0, 0.1) is 5.82 Å². The molecule has 0 aromatic heterocycles. The van der Waals surface area contributed by atoms with Gasteiger partial charge in [-0.3, -0.25) is 4.79 Å². The Balaban J connectivity index is 2.56. The van der Waals surface area contributed by atoms with E-state index in [1.165, 1.54) is 6.07 Å². The standard InChI is InChI=1S/C13H14ClFO/c1-2-3-4-7-11(16)9-10-6-5-8-12(14)13(10)15/h2,5-6,8H,1,3-4,7,9H2. The summed E-state index contributed by atoms with van der Waals surface area (Å²) in [7, 11) is 0. The minimum atomic E-state index is -0.485. The van der Waals surface area contributed by atoms with E-state index in [-0.39, 0.29) is 17.2 Å². The molecule has 0 saturated carbocycles. The second-order valence-corrected chi connectivity index (χ2v) is 4.02. The highest BCUT2D eigenvalue weighted by Crippen LogP contribution is 2.18. The lowest BCUT2D eigenvalue weighted by atomic mass is 10.0. The molecular weight excluding hydrogens is 227 g/mol. The van der Waals surface area contributed by atoms with E-state index in [1.807, 2.05) is 0 Å². The SMILES string of the molecule is C=CCCCC(=O)Cc1cccc(Cl)c1F. The Morgan fingerprint density at radius 1 is 1.50 bits per heavy atom. The van der Waals surface area contributed by atoms with Crippen LogP contribution in [0.5, 0.6) is 0 Å². The first-order valence-corrected chi connectivity index (χ1v) is 5.58. The minimum absolute atomic E-state index is 0.0306. The van der Waals surface area contributed by atoms with Crippen LogP contribution >= 0.6 is 11.6 Å². The number of hydrogen-bond donors (Lipinski definition) is 0. The summed E-state index contributed by atoms with van der Waals surface area (Å²) in [5, 5.41) is 0.0661. The van der Waals surface area contributed by atoms with Crippen LogP contribution < -0.4 is 0 Å². The predicted octanol–water partition coefficient (Wildman–Crippen LogP) is 3.95. The second kappa shape index (κ2) is 6.44. The van der Waals surface area contributed by atoms with Gasteiger partial charge >= 0.3 is 0 Å². The van der Waals surface area contributed by atoms with E-state index in [2.05, 4.69) is 6.58 Å². The third-order valence-electron chi connectivity index (χ3n) is 2.28. The normalized spacial score (nSPS) is 10.1. The zero-order valence-corrected chi connectivity index (χ0v) is 9.77. The molecule has 0 aliphatic carbocycles. The maximum atomic E-state index is 13.5. The van der Waals surface area contributed by atoms with E-state index >= 15 is 0 Å². The molecule has 0 unspecified atom stereocenters. The highest BCUT2D eigenvalue weighted by molar-refractivity contribution is 6.30. The van der Waals surface area contributed by atoms with E-state index in [9.17, 15) is 9.18 Å². The van der Waals surface area contributed by atoms with Crippen LogP contribution in [0.3, 0.4) is 0 Å². The summed E-state index contributed by atoms with van der Waals surface area (Å²) >= 11 is 5.62. The first kappa shape index (κ1) is 12.9. The van der Waals surface area contributed by atoms with Crippen LogP contribution in [-0.2, 0) is 11.2 Å². The molecule has 1 rings (SSSR count). The molecule has 0 bridgehead atoms. The van der Waals surface area contributed by atoms with Gasteiger partial charge in [-0.05, 0) is 24.5 Å². The Hall–Kier alpha value is -1.15. The van der Waals surface area contributed by atoms with Gasteiger partial charge < -0.3 is 0 Å². The monoisotopic (exact) mass is 240 g/mol. The number of unbranched alkanes of at least 4 members (excludes halogenated alkanes) is 1. The number of carbonyl (C=O) groups is 1. The first-order valence-electron chi connectivity index (χ1n) is 5.20. The van der Waals surface area contributed by atoms with Crippen molar-refractivity contribution >= 4 is 17.4 Å². The van der Waals surface area contributed by atoms with Gasteiger partial charge in [0.1, 0.15) is 11.6 Å². The van der Waals surface area contributed by atoms with Gasteiger partial charge in [-0.1, -0.05) is 29.8 Å². The minimum Gasteiger partial charge on any atom is -0.299 e. The van der Waals surface area contributed by atoms with Gasteiger partial charge in [-0.15, -0.1) is 6.58 Å². The van der Waals surface area contributed by atoms with Crippen molar-refractivity contribution in [1.82, 2.24) is 0 Å². The zero-order valence-electron chi connectivity index (χ0n) is 9.01. The van der Waals surface area contributed by atoms with Crippen LogP contribution in [0.2, 0.25) is 5.02 Å². The molecule has 0 heterocycles. The van der Waals surface area contributed by atoms with E-state index in [0.29, 0.717) is 12.0 Å². The van der Waals surface area contributed by atoms with Crippen LogP contribution in [-0.4, -0.2) is 5.78 Å². The molecule has 0 aliphatic rings. The Bertz CT molecular complexity index is 388. The zero-order chi connectivity index (χ0) is 12.0. The third kappa shape index (κ3) is 3.78. The molecule has 0 N–H and O–H groups in total. The van der Waals surface area contributed by atoms with Crippen LogP contribution in [0.4, 0.5) is 4.39 Å². The number of rotatable bonds is 6. The fourth-order valence-corrected chi connectivity index (χ4v) is 1.62. The second-order valence-electron chi connectivity index (χ2n) is 3.61. The van der Waals surface area contributed by atoms with Gasteiger partial charge in [-0.25, -0.2) is 4.39 Å². The van der Waals surface area contributed by atoms with Gasteiger partial charge in [0.05, 0.1) is 5.02 Å². The van der Waals surface area contributed by atoms with Crippen molar-refractivity contribution in [2.24, 2.45) is 0 Å². The Labute approximate surface area is 99.9 Å². The Morgan fingerprint density at radius 2 is 2.25 bits per heavy atom. The summed E-state index contributed by atoms with van der Waals surface area (Å²) in [5.41, 5.74) is 0.371. The summed E-state index contributed by atoms with van der Waals surface area (Å²) in [5.74, 6) is -0.454. The molecule has 3 heteroatoms. The van der Waals surface area contributed by atoms with Crippen molar-refractivity contribution in [2.75, 3.05) is 0 Å². The molecule has 0 radical (unpaired) electrons.